The molecule has 2 aromatic rings. The van der Waals surface area contributed by atoms with E-state index in [1.807, 2.05) is 32.0 Å². The van der Waals surface area contributed by atoms with Crippen LogP contribution in [0.3, 0.4) is 0 Å². The van der Waals surface area contributed by atoms with Gasteiger partial charge >= 0.3 is 5.97 Å². The Morgan fingerprint density at radius 2 is 1.69 bits per heavy atom. The molecule has 0 aliphatic carbocycles. The molecule has 26 heavy (non-hydrogen) atoms. The monoisotopic (exact) mass is 375 g/mol. The molecule has 138 valence electrons. The number of carbonyl (C=O) groups excluding carboxylic acids is 2. The number of anilines is 1. The highest BCUT2D eigenvalue weighted by Gasteiger charge is 2.19. The summed E-state index contributed by atoms with van der Waals surface area (Å²) in [6.45, 7) is 5.31. The molecule has 1 N–H and O–H groups in total. The molecule has 0 radical (unpaired) electrons. The van der Waals surface area contributed by atoms with Crippen molar-refractivity contribution in [3.8, 4) is 5.75 Å². The van der Waals surface area contributed by atoms with Crippen LogP contribution in [0.2, 0.25) is 5.02 Å². The van der Waals surface area contributed by atoms with Crippen LogP contribution in [0.1, 0.15) is 32.3 Å². The van der Waals surface area contributed by atoms with Gasteiger partial charge in [-0.2, -0.15) is 0 Å². The first kappa shape index (κ1) is 19.8. The second-order valence-corrected chi connectivity index (χ2v) is 6.49. The van der Waals surface area contributed by atoms with Gasteiger partial charge in [-0.25, -0.2) is 4.79 Å². The third kappa shape index (κ3) is 5.49. The van der Waals surface area contributed by atoms with Crippen molar-refractivity contribution in [3.63, 3.8) is 0 Å². The summed E-state index contributed by atoms with van der Waals surface area (Å²) in [6.07, 6.45) is -0.970. The number of rotatable bonds is 7. The zero-order chi connectivity index (χ0) is 19.1. The topological polar surface area (TPSA) is 64.6 Å². The second kappa shape index (κ2) is 9.25. The first-order chi connectivity index (χ1) is 12.4. The Morgan fingerprint density at radius 1 is 1.04 bits per heavy atom. The standard InChI is InChI=1S/C20H22ClNO4/c1-13(2)15-8-4-7-11-18(15)25-12-19(23)26-14(3)20(24)22-17-10-6-5-9-16(17)21/h4-11,13-14H,12H2,1-3H3,(H,22,24)/t14-/m0/s1. The van der Waals surface area contributed by atoms with Gasteiger partial charge in [0.2, 0.25) is 0 Å². The van der Waals surface area contributed by atoms with E-state index in [9.17, 15) is 9.59 Å². The molecule has 0 aliphatic heterocycles. The summed E-state index contributed by atoms with van der Waals surface area (Å²) in [5.74, 6) is -0.186. The summed E-state index contributed by atoms with van der Waals surface area (Å²) in [5.41, 5.74) is 1.47. The Balaban J connectivity index is 1.87. The van der Waals surface area contributed by atoms with Crippen molar-refractivity contribution in [2.45, 2.75) is 32.8 Å². The van der Waals surface area contributed by atoms with E-state index in [0.717, 1.165) is 5.56 Å². The SMILES string of the molecule is CC(C)c1ccccc1OCC(=O)O[C@@H](C)C(=O)Nc1ccccc1Cl. The van der Waals surface area contributed by atoms with Gasteiger partial charge in [-0.05, 0) is 36.6 Å². The molecule has 5 nitrogen and oxygen atoms in total. The summed E-state index contributed by atoms with van der Waals surface area (Å²) in [6, 6.07) is 14.3. The van der Waals surface area contributed by atoms with E-state index in [4.69, 9.17) is 21.1 Å². The van der Waals surface area contributed by atoms with Crippen LogP contribution in [0.4, 0.5) is 5.69 Å². The maximum absolute atomic E-state index is 12.1. The molecule has 0 aliphatic rings. The smallest absolute Gasteiger partial charge is 0.344 e. The Bertz CT molecular complexity index is 776. The van der Waals surface area contributed by atoms with Crippen molar-refractivity contribution in [2.75, 3.05) is 11.9 Å². The van der Waals surface area contributed by atoms with Crippen LogP contribution >= 0.6 is 11.6 Å². The molecule has 2 rings (SSSR count). The Hall–Kier alpha value is -2.53. The van der Waals surface area contributed by atoms with Gasteiger partial charge in [-0.1, -0.05) is 55.8 Å². The van der Waals surface area contributed by atoms with Gasteiger partial charge in [-0.3, -0.25) is 4.79 Å². The number of para-hydroxylation sites is 2. The van der Waals surface area contributed by atoms with Gasteiger partial charge in [-0.15, -0.1) is 0 Å². The van der Waals surface area contributed by atoms with Crippen LogP contribution in [-0.2, 0) is 14.3 Å². The Labute approximate surface area is 158 Å². The highest BCUT2D eigenvalue weighted by atomic mass is 35.5. The fraction of sp³-hybridized carbons (Fsp3) is 0.300. The van der Waals surface area contributed by atoms with E-state index in [2.05, 4.69) is 5.32 Å². The van der Waals surface area contributed by atoms with Crippen LogP contribution in [0.25, 0.3) is 0 Å². The molecule has 0 saturated heterocycles. The molecule has 0 bridgehead atoms. The molecule has 0 aromatic heterocycles. The normalized spacial score (nSPS) is 11.7. The van der Waals surface area contributed by atoms with Gasteiger partial charge in [0.1, 0.15) is 5.75 Å². The Morgan fingerprint density at radius 3 is 2.38 bits per heavy atom. The van der Waals surface area contributed by atoms with Gasteiger partial charge in [0.15, 0.2) is 12.7 Å². The van der Waals surface area contributed by atoms with E-state index in [1.165, 1.54) is 6.92 Å². The summed E-state index contributed by atoms with van der Waals surface area (Å²) in [4.78, 5) is 24.1. The zero-order valence-corrected chi connectivity index (χ0v) is 15.7. The molecule has 1 atom stereocenters. The molecule has 6 heteroatoms. The lowest BCUT2D eigenvalue weighted by Gasteiger charge is -2.16. The molecule has 0 fully saturated rings. The third-order valence-electron chi connectivity index (χ3n) is 3.70. The van der Waals surface area contributed by atoms with Crippen molar-refractivity contribution in [1.82, 2.24) is 0 Å². The predicted octanol–water partition coefficient (Wildman–Crippen LogP) is 4.41. The summed E-state index contributed by atoms with van der Waals surface area (Å²) < 4.78 is 10.7. The van der Waals surface area contributed by atoms with E-state index in [1.54, 1.807) is 30.3 Å². The maximum atomic E-state index is 12.1. The van der Waals surface area contributed by atoms with Crippen molar-refractivity contribution in [3.05, 3.63) is 59.1 Å². The average molecular weight is 376 g/mol. The number of hydrogen-bond acceptors (Lipinski definition) is 4. The highest BCUT2D eigenvalue weighted by Crippen LogP contribution is 2.25. The number of nitrogens with one attached hydrogen (secondary N) is 1. The van der Waals surface area contributed by atoms with Crippen molar-refractivity contribution < 1.29 is 19.1 Å². The van der Waals surface area contributed by atoms with Crippen LogP contribution < -0.4 is 10.1 Å². The fourth-order valence-corrected chi connectivity index (χ4v) is 2.49. The lowest BCUT2D eigenvalue weighted by molar-refractivity contribution is -0.155. The minimum absolute atomic E-state index is 0.266. The first-order valence-electron chi connectivity index (χ1n) is 8.35. The lowest BCUT2D eigenvalue weighted by Crippen LogP contribution is -2.31. The van der Waals surface area contributed by atoms with Crippen LogP contribution in [-0.4, -0.2) is 24.6 Å². The van der Waals surface area contributed by atoms with Crippen molar-refractivity contribution >= 4 is 29.2 Å². The molecule has 0 unspecified atom stereocenters. The molecule has 1 amide bonds. The molecule has 0 heterocycles. The van der Waals surface area contributed by atoms with E-state index in [-0.39, 0.29) is 12.5 Å². The van der Waals surface area contributed by atoms with Crippen LogP contribution in [0.15, 0.2) is 48.5 Å². The number of esters is 1. The van der Waals surface area contributed by atoms with Gasteiger partial charge in [0.05, 0.1) is 10.7 Å². The summed E-state index contributed by atoms with van der Waals surface area (Å²) in [7, 11) is 0. The highest BCUT2D eigenvalue weighted by molar-refractivity contribution is 6.33. The second-order valence-electron chi connectivity index (χ2n) is 6.08. The van der Waals surface area contributed by atoms with Crippen molar-refractivity contribution in [1.29, 1.82) is 0 Å². The number of carbonyl (C=O) groups is 2. The molecular weight excluding hydrogens is 354 g/mol. The van der Waals surface area contributed by atoms with Crippen LogP contribution in [0, 0.1) is 0 Å². The van der Waals surface area contributed by atoms with Gasteiger partial charge < -0.3 is 14.8 Å². The minimum Gasteiger partial charge on any atom is -0.482 e. The van der Waals surface area contributed by atoms with Gasteiger partial charge in [0.25, 0.3) is 5.91 Å². The predicted molar refractivity (Wildman–Crippen MR) is 102 cm³/mol. The largest absolute Gasteiger partial charge is 0.482 e. The van der Waals surface area contributed by atoms with Gasteiger partial charge in [0, 0.05) is 0 Å². The minimum atomic E-state index is -0.970. The number of benzene rings is 2. The summed E-state index contributed by atoms with van der Waals surface area (Å²) >= 11 is 5.99. The zero-order valence-electron chi connectivity index (χ0n) is 15.0. The Kier molecular flexibility index (Phi) is 7.04. The van der Waals surface area contributed by atoms with E-state index in [0.29, 0.717) is 16.5 Å². The number of hydrogen-bond donors (Lipinski definition) is 1. The molecule has 0 saturated carbocycles. The summed E-state index contributed by atoms with van der Waals surface area (Å²) in [5, 5.41) is 3.03. The number of amides is 1. The average Bonchev–Trinajstić information content (AvgIpc) is 2.62. The van der Waals surface area contributed by atoms with E-state index >= 15 is 0 Å². The molecular formula is C20H22ClNO4. The van der Waals surface area contributed by atoms with Crippen LogP contribution in [0.5, 0.6) is 5.75 Å². The third-order valence-corrected chi connectivity index (χ3v) is 4.03. The number of halogens is 1. The fourth-order valence-electron chi connectivity index (χ4n) is 2.31. The molecule has 0 spiro atoms. The maximum Gasteiger partial charge on any atom is 0.344 e. The molecule has 2 aromatic carbocycles. The van der Waals surface area contributed by atoms with E-state index < -0.39 is 18.0 Å². The first-order valence-corrected chi connectivity index (χ1v) is 8.73. The number of ether oxygens (including phenoxy) is 2. The van der Waals surface area contributed by atoms with Crippen molar-refractivity contribution in [2.24, 2.45) is 0 Å². The lowest BCUT2D eigenvalue weighted by atomic mass is 10.0. The quantitative estimate of drug-likeness (QED) is 0.728.